The number of ether oxygens (including phenoxy) is 2. The summed E-state index contributed by atoms with van der Waals surface area (Å²) >= 11 is 7.65. The van der Waals surface area contributed by atoms with Gasteiger partial charge in [-0.05, 0) is 48.6 Å². The summed E-state index contributed by atoms with van der Waals surface area (Å²) < 4.78 is 11.1. The van der Waals surface area contributed by atoms with E-state index < -0.39 is 6.10 Å². The Labute approximate surface area is 157 Å². The molecule has 0 aliphatic carbocycles. The van der Waals surface area contributed by atoms with E-state index in [0.29, 0.717) is 17.3 Å². The molecule has 0 radical (unpaired) electrons. The van der Waals surface area contributed by atoms with Crippen LogP contribution in [0.1, 0.15) is 17.7 Å². The second-order valence-corrected chi connectivity index (χ2v) is 7.80. The lowest BCUT2D eigenvalue weighted by Gasteiger charge is -2.37. The molecule has 1 aromatic carbocycles. The maximum atomic E-state index is 10.2. The number of aliphatic hydroxyl groups excluding tert-OH is 1. The maximum absolute atomic E-state index is 10.2. The quantitative estimate of drug-likeness (QED) is 0.735. The summed E-state index contributed by atoms with van der Waals surface area (Å²) in [6, 6.07) is 11.5. The van der Waals surface area contributed by atoms with Crippen molar-refractivity contribution in [2.75, 3.05) is 32.9 Å². The first kappa shape index (κ1) is 18.7. The summed E-state index contributed by atoms with van der Waals surface area (Å²) in [5.74, 6) is 0.711. The summed E-state index contributed by atoms with van der Waals surface area (Å²) in [7, 11) is 0. The Morgan fingerprint density at radius 1 is 1.24 bits per heavy atom. The first-order valence-corrected chi connectivity index (χ1v) is 9.83. The van der Waals surface area contributed by atoms with Crippen molar-refractivity contribution >= 4 is 22.9 Å². The van der Waals surface area contributed by atoms with E-state index in [1.54, 1.807) is 35.6 Å². The van der Waals surface area contributed by atoms with E-state index in [1.807, 2.05) is 0 Å². The van der Waals surface area contributed by atoms with Gasteiger partial charge >= 0.3 is 0 Å². The summed E-state index contributed by atoms with van der Waals surface area (Å²) in [6.07, 6.45) is 1.46. The van der Waals surface area contributed by atoms with Crippen LogP contribution >= 0.6 is 22.9 Å². The van der Waals surface area contributed by atoms with E-state index in [4.69, 9.17) is 21.1 Å². The molecule has 1 saturated heterocycles. The van der Waals surface area contributed by atoms with Gasteiger partial charge < -0.3 is 19.9 Å². The van der Waals surface area contributed by atoms with Gasteiger partial charge in [-0.15, -0.1) is 11.3 Å². The fourth-order valence-corrected chi connectivity index (χ4v) is 4.23. The van der Waals surface area contributed by atoms with Crippen molar-refractivity contribution in [1.82, 2.24) is 5.32 Å². The smallest absolute Gasteiger partial charge is 0.119 e. The van der Waals surface area contributed by atoms with Crippen LogP contribution in [-0.2, 0) is 10.2 Å². The topological polar surface area (TPSA) is 50.7 Å². The van der Waals surface area contributed by atoms with Crippen LogP contribution in [0.5, 0.6) is 5.75 Å². The van der Waals surface area contributed by atoms with Crippen LogP contribution in [0.3, 0.4) is 0 Å². The molecule has 3 rings (SSSR count). The van der Waals surface area contributed by atoms with Gasteiger partial charge in [-0.25, -0.2) is 0 Å². The molecule has 1 unspecified atom stereocenters. The number of rotatable bonds is 8. The van der Waals surface area contributed by atoms with Gasteiger partial charge in [-0.3, -0.25) is 0 Å². The lowest BCUT2D eigenvalue weighted by molar-refractivity contribution is 0.0482. The Balaban J connectivity index is 1.46. The molecule has 0 bridgehead atoms. The highest BCUT2D eigenvalue weighted by Gasteiger charge is 2.35. The highest BCUT2D eigenvalue weighted by atomic mass is 35.5. The van der Waals surface area contributed by atoms with Gasteiger partial charge in [-0.1, -0.05) is 17.7 Å². The predicted octanol–water partition coefficient (Wildman–Crippen LogP) is 3.48. The minimum absolute atomic E-state index is 0.114. The Bertz CT molecular complexity index is 627. The minimum Gasteiger partial charge on any atom is -0.491 e. The number of benzene rings is 1. The number of aliphatic hydroxyl groups is 1. The second kappa shape index (κ2) is 9.01. The highest BCUT2D eigenvalue weighted by Crippen LogP contribution is 2.36. The number of hydrogen-bond donors (Lipinski definition) is 2. The van der Waals surface area contributed by atoms with Gasteiger partial charge in [0.25, 0.3) is 0 Å². The molecule has 1 aliphatic heterocycles. The van der Waals surface area contributed by atoms with Gasteiger partial charge in [0.2, 0.25) is 0 Å². The fourth-order valence-electron chi connectivity index (χ4n) is 3.11. The van der Waals surface area contributed by atoms with Crippen LogP contribution in [0.15, 0.2) is 41.8 Å². The van der Waals surface area contributed by atoms with E-state index in [0.717, 1.165) is 32.6 Å². The van der Waals surface area contributed by atoms with E-state index in [9.17, 15) is 5.11 Å². The molecule has 2 heterocycles. The van der Waals surface area contributed by atoms with Gasteiger partial charge in [-0.2, -0.15) is 0 Å². The van der Waals surface area contributed by atoms with Gasteiger partial charge in [0.1, 0.15) is 18.5 Å². The normalized spacial score (nSPS) is 18.0. The molecule has 1 aliphatic rings. The van der Waals surface area contributed by atoms with E-state index in [-0.39, 0.29) is 12.0 Å². The van der Waals surface area contributed by atoms with Crippen LogP contribution in [0, 0.1) is 0 Å². The molecule has 1 atom stereocenters. The fraction of sp³-hybridized carbons (Fsp3) is 0.474. The first-order chi connectivity index (χ1) is 12.2. The van der Waals surface area contributed by atoms with E-state index in [1.165, 1.54) is 4.88 Å². The van der Waals surface area contributed by atoms with Crippen LogP contribution in [0.2, 0.25) is 5.02 Å². The van der Waals surface area contributed by atoms with E-state index >= 15 is 0 Å². The molecule has 136 valence electrons. The van der Waals surface area contributed by atoms with Crippen LogP contribution in [-0.4, -0.2) is 44.1 Å². The lowest BCUT2D eigenvalue weighted by Crippen LogP contribution is -2.44. The molecule has 2 aromatic rings. The van der Waals surface area contributed by atoms with Crippen LogP contribution < -0.4 is 10.1 Å². The first-order valence-electron chi connectivity index (χ1n) is 8.57. The maximum Gasteiger partial charge on any atom is 0.119 e. The molecule has 1 aromatic heterocycles. The molecular weight excluding hydrogens is 358 g/mol. The molecule has 0 saturated carbocycles. The lowest BCUT2D eigenvalue weighted by atomic mass is 9.78. The zero-order valence-corrected chi connectivity index (χ0v) is 15.7. The third-order valence-corrected chi connectivity index (χ3v) is 5.96. The van der Waals surface area contributed by atoms with Gasteiger partial charge in [0.15, 0.2) is 0 Å². The standard InChI is InChI=1S/C19H24ClNO3S/c20-15-3-5-17(6-4-15)24-13-16(22)12-21-14-19(7-9-23-10-8-19)18-2-1-11-25-18/h1-6,11,16,21-22H,7-10,12-14H2. The zero-order valence-electron chi connectivity index (χ0n) is 14.1. The number of halogens is 1. The SMILES string of the molecule is OC(CNCC1(c2cccs2)CCOCC1)COc1ccc(Cl)cc1. The molecule has 0 spiro atoms. The molecule has 25 heavy (non-hydrogen) atoms. The number of thiophene rings is 1. The molecule has 4 nitrogen and oxygen atoms in total. The van der Waals surface area contributed by atoms with Gasteiger partial charge in [0, 0.05) is 41.6 Å². The summed E-state index contributed by atoms with van der Waals surface area (Å²) in [4.78, 5) is 1.40. The highest BCUT2D eigenvalue weighted by molar-refractivity contribution is 7.10. The van der Waals surface area contributed by atoms with Crippen molar-refractivity contribution < 1.29 is 14.6 Å². The molecule has 6 heteroatoms. The summed E-state index contributed by atoms with van der Waals surface area (Å²) in [5.41, 5.74) is 0.114. The molecule has 2 N–H and O–H groups in total. The average molecular weight is 382 g/mol. The number of hydrogen-bond acceptors (Lipinski definition) is 5. The Morgan fingerprint density at radius 3 is 2.68 bits per heavy atom. The van der Waals surface area contributed by atoms with Gasteiger partial charge in [0.05, 0.1) is 0 Å². The minimum atomic E-state index is -0.559. The van der Waals surface area contributed by atoms with Crippen molar-refractivity contribution in [2.45, 2.75) is 24.4 Å². The van der Waals surface area contributed by atoms with Crippen molar-refractivity contribution in [3.05, 3.63) is 51.7 Å². The largest absolute Gasteiger partial charge is 0.491 e. The van der Waals surface area contributed by atoms with Crippen LogP contribution in [0.4, 0.5) is 0 Å². The van der Waals surface area contributed by atoms with Crippen molar-refractivity contribution in [3.63, 3.8) is 0 Å². The van der Waals surface area contributed by atoms with E-state index in [2.05, 4.69) is 22.8 Å². The molecule has 0 amide bonds. The summed E-state index contributed by atoms with van der Waals surface area (Å²) in [6.45, 7) is 3.18. The predicted molar refractivity (Wildman–Crippen MR) is 102 cm³/mol. The Kier molecular flexibility index (Phi) is 6.73. The second-order valence-electron chi connectivity index (χ2n) is 6.42. The Morgan fingerprint density at radius 2 is 2.00 bits per heavy atom. The zero-order chi connectivity index (χ0) is 17.5. The average Bonchev–Trinajstić information content (AvgIpc) is 3.17. The summed E-state index contributed by atoms with van der Waals surface area (Å²) in [5, 5.41) is 16.4. The molecular formula is C19H24ClNO3S. The monoisotopic (exact) mass is 381 g/mol. The Hall–Kier alpha value is -1.11. The third-order valence-electron chi connectivity index (χ3n) is 4.59. The molecule has 1 fully saturated rings. The van der Waals surface area contributed by atoms with Crippen LogP contribution in [0.25, 0.3) is 0 Å². The van der Waals surface area contributed by atoms with Crippen molar-refractivity contribution in [3.8, 4) is 5.75 Å². The van der Waals surface area contributed by atoms with Crippen molar-refractivity contribution in [1.29, 1.82) is 0 Å². The van der Waals surface area contributed by atoms with Crippen molar-refractivity contribution in [2.24, 2.45) is 0 Å². The third kappa shape index (κ3) is 5.19. The number of nitrogens with one attached hydrogen (secondary N) is 1.